The molecular weight excluding hydrogens is 384 g/mol. The summed E-state index contributed by atoms with van der Waals surface area (Å²) in [5.41, 5.74) is 0.838. The van der Waals surface area contributed by atoms with Crippen LogP contribution >= 0.6 is 0 Å². The van der Waals surface area contributed by atoms with Crippen LogP contribution in [0.5, 0.6) is 0 Å². The number of hydrogen-bond acceptors (Lipinski definition) is 5. The Morgan fingerprint density at radius 3 is 2.11 bits per heavy atom. The lowest BCUT2D eigenvalue weighted by Crippen LogP contribution is -2.54. The third-order valence-electron chi connectivity index (χ3n) is 5.57. The number of non-ortho nitro benzene ring substituents is 1. The molecule has 0 aromatic heterocycles. The molecule has 2 fully saturated rings. The Morgan fingerprint density at radius 1 is 0.964 bits per heavy atom. The molecule has 1 aromatic rings. The minimum atomic E-state index is -3.87. The summed E-state index contributed by atoms with van der Waals surface area (Å²) in [6.45, 7) is 5.83. The van der Waals surface area contributed by atoms with Gasteiger partial charge in [-0.3, -0.25) is 10.1 Å². The molecule has 3 rings (SSSR count). The molecule has 2 aliphatic rings. The summed E-state index contributed by atoms with van der Waals surface area (Å²) in [6.07, 6.45) is 3.15. The first-order chi connectivity index (χ1) is 13.2. The van der Waals surface area contributed by atoms with Gasteiger partial charge in [-0.15, -0.1) is 0 Å². The summed E-state index contributed by atoms with van der Waals surface area (Å²) in [4.78, 5) is 26.7. The number of aryl methyl sites for hydroxylation is 1. The summed E-state index contributed by atoms with van der Waals surface area (Å²) in [5.74, 6) is 0. The Hall–Kier alpha value is -2.20. The Balaban J connectivity index is 1.75. The number of piperidine rings is 1. The lowest BCUT2D eigenvalue weighted by Gasteiger charge is -2.38. The number of nitrogens with zero attached hydrogens (tertiary/aromatic N) is 4. The number of sulfonamides is 1. The Labute approximate surface area is 165 Å². The van der Waals surface area contributed by atoms with Crippen molar-refractivity contribution in [1.29, 1.82) is 0 Å². The minimum Gasteiger partial charge on any atom is -0.325 e. The van der Waals surface area contributed by atoms with Gasteiger partial charge in [-0.2, -0.15) is 4.31 Å². The maximum atomic E-state index is 13.1. The molecule has 0 saturated carbocycles. The number of likely N-dealkylation sites (tertiary alicyclic amines) is 1. The summed E-state index contributed by atoms with van der Waals surface area (Å²) >= 11 is 0. The van der Waals surface area contributed by atoms with Crippen LogP contribution < -0.4 is 0 Å². The maximum Gasteiger partial charge on any atom is 0.320 e. The van der Waals surface area contributed by atoms with E-state index < -0.39 is 14.9 Å². The third-order valence-corrected chi connectivity index (χ3v) is 7.59. The summed E-state index contributed by atoms with van der Waals surface area (Å²) in [7, 11) is -3.87. The smallest absolute Gasteiger partial charge is 0.320 e. The van der Waals surface area contributed by atoms with Gasteiger partial charge in [0.15, 0.2) is 0 Å². The number of nitro groups is 1. The number of carbonyl (C=O) groups excluding carboxylic acids is 1. The van der Waals surface area contributed by atoms with Gasteiger partial charge in [0.1, 0.15) is 0 Å². The molecule has 2 aliphatic heterocycles. The number of urea groups is 1. The second-order valence-corrected chi connectivity index (χ2v) is 9.27. The number of benzene rings is 1. The van der Waals surface area contributed by atoms with E-state index in [0.29, 0.717) is 24.2 Å². The van der Waals surface area contributed by atoms with Gasteiger partial charge < -0.3 is 9.80 Å². The van der Waals surface area contributed by atoms with E-state index >= 15 is 0 Å². The van der Waals surface area contributed by atoms with E-state index in [0.717, 1.165) is 38.4 Å². The number of nitro benzene ring substituents is 1. The van der Waals surface area contributed by atoms with Crippen LogP contribution in [0.1, 0.15) is 30.4 Å². The van der Waals surface area contributed by atoms with Crippen molar-refractivity contribution >= 4 is 21.7 Å². The highest BCUT2D eigenvalue weighted by molar-refractivity contribution is 7.89. The normalized spacial score (nSPS) is 18.9. The second-order valence-electron chi connectivity index (χ2n) is 7.36. The number of hydrogen-bond donors (Lipinski definition) is 0. The van der Waals surface area contributed by atoms with E-state index in [4.69, 9.17) is 0 Å². The van der Waals surface area contributed by atoms with Gasteiger partial charge in [0, 0.05) is 51.4 Å². The molecule has 2 amide bonds. The van der Waals surface area contributed by atoms with E-state index in [9.17, 15) is 23.3 Å². The van der Waals surface area contributed by atoms with Crippen LogP contribution in [0.15, 0.2) is 17.0 Å². The SMILES string of the molecule is Cc1cc([N+](=O)[O-])cc(S(=O)(=O)N2CCN(C(=O)N3CCCCC3)CC2)c1C. The molecule has 154 valence electrons. The fourth-order valence-electron chi connectivity index (χ4n) is 3.73. The monoisotopic (exact) mass is 410 g/mol. The first-order valence-corrected chi connectivity index (χ1v) is 11.0. The Bertz CT molecular complexity index is 872. The highest BCUT2D eigenvalue weighted by atomic mass is 32.2. The van der Waals surface area contributed by atoms with Crippen LogP contribution in [0.4, 0.5) is 10.5 Å². The van der Waals surface area contributed by atoms with Gasteiger partial charge in [0.25, 0.3) is 5.69 Å². The minimum absolute atomic E-state index is 0.0286. The van der Waals surface area contributed by atoms with Gasteiger partial charge >= 0.3 is 6.03 Å². The van der Waals surface area contributed by atoms with Crippen LogP contribution in [0.25, 0.3) is 0 Å². The fraction of sp³-hybridized carbons (Fsp3) is 0.611. The molecule has 0 spiro atoms. The van der Waals surface area contributed by atoms with Crippen molar-refractivity contribution in [2.24, 2.45) is 0 Å². The standard InChI is InChI=1S/C18H26N4O5S/c1-14-12-16(22(24)25)13-17(15(14)2)28(26,27)21-10-8-20(9-11-21)18(23)19-6-4-3-5-7-19/h12-13H,3-11H2,1-2H3. The molecule has 0 unspecified atom stereocenters. The third kappa shape index (κ3) is 3.97. The molecule has 0 N–H and O–H groups in total. The average Bonchev–Trinajstić information content (AvgIpc) is 2.69. The van der Waals surface area contributed by atoms with Crippen molar-refractivity contribution in [2.75, 3.05) is 39.3 Å². The predicted octanol–water partition coefficient (Wildman–Crippen LogP) is 2.12. The second kappa shape index (κ2) is 8.04. The summed E-state index contributed by atoms with van der Waals surface area (Å²) in [6, 6.07) is 2.48. The molecular formula is C18H26N4O5S. The van der Waals surface area contributed by atoms with E-state index in [1.54, 1.807) is 18.7 Å². The number of carbonyl (C=O) groups is 1. The zero-order chi connectivity index (χ0) is 20.5. The number of rotatable bonds is 3. The van der Waals surface area contributed by atoms with Crippen molar-refractivity contribution in [3.63, 3.8) is 0 Å². The lowest BCUT2D eigenvalue weighted by molar-refractivity contribution is -0.385. The van der Waals surface area contributed by atoms with Crippen LogP contribution in [0.2, 0.25) is 0 Å². The van der Waals surface area contributed by atoms with Crippen molar-refractivity contribution < 1.29 is 18.1 Å². The van der Waals surface area contributed by atoms with Gasteiger partial charge in [0.05, 0.1) is 9.82 Å². The summed E-state index contributed by atoms with van der Waals surface area (Å²) < 4.78 is 27.5. The molecule has 0 bridgehead atoms. The van der Waals surface area contributed by atoms with Crippen LogP contribution in [-0.2, 0) is 10.0 Å². The predicted molar refractivity (Wildman–Crippen MR) is 104 cm³/mol. The zero-order valence-corrected chi connectivity index (χ0v) is 17.1. The topological polar surface area (TPSA) is 104 Å². The number of amides is 2. The Morgan fingerprint density at radius 2 is 1.54 bits per heavy atom. The van der Waals surface area contributed by atoms with E-state index in [-0.39, 0.29) is 29.7 Å². The fourth-order valence-corrected chi connectivity index (χ4v) is 5.47. The number of piperazine rings is 1. The molecule has 0 aliphatic carbocycles. The van der Waals surface area contributed by atoms with Gasteiger partial charge in [0.2, 0.25) is 10.0 Å². The molecule has 28 heavy (non-hydrogen) atoms. The molecule has 0 radical (unpaired) electrons. The molecule has 9 nitrogen and oxygen atoms in total. The molecule has 2 heterocycles. The summed E-state index contributed by atoms with van der Waals surface area (Å²) in [5, 5.41) is 11.1. The first kappa shape index (κ1) is 20.5. The molecule has 10 heteroatoms. The van der Waals surface area contributed by atoms with Gasteiger partial charge in [-0.25, -0.2) is 13.2 Å². The quantitative estimate of drug-likeness (QED) is 0.561. The molecule has 1 aromatic carbocycles. The maximum absolute atomic E-state index is 13.1. The van der Waals surface area contributed by atoms with Crippen molar-refractivity contribution in [3.05, 3.63) is 33.4 Å². The van der Waals surface area contributed by atoms with Crippen molar-refractivity contribution in [2.45, 2.75) is 38.0 Å². The largest absolute Gasteiger partial charge is 0.325 e. The van der Waals surface area contributed by atoms with E-state index in [2.05, 4.69) is 0 Å². The van der Waals surface area contributed by atoms with Crippen LogP contribution in [0.3, 0.4) is 0 Å². The van der Waals surface area contributed by atoms with Gasteiger partial charge in [-0.05, 0) is 44.2 Å². The zero-order valence-electron chi connectivity index (χ0n) is 16.3. The first-order valence-electron chi connectivity index (χ1n) is 9.51. The van der Waals surface area contributed by atoms with Crippen LogP contribution in [0, 0.1) is 24.0 Å². The van der Waals surface area contributed by atoms with Crippen molar-refractivity contribution in [3.8, 4) is 0 Å². The van der Waals surface area contributed by atoms with Gasteiger partial charge in [-0.1, -0.05) is 0 Å². The lowest BCUT2D eigenvalue weighted by atomic mass is 10.1. The highest BCUT2D eigenvalue weighted by Crippen LogP contribution is 2.28. The van der Waals surface area contributed by atoms with Crippen LogP contribution in [-0.4, -0.2) is 72.7 Å². The van der Waals surface area contributed by atoms with E-state index in [1.807, 2.05) is 4.90 Å². The molecule has 2 saturated heterocycles. The molecule has 0 atom stereocenters. The highest BCUT2D eigenvalue weighted by Gasteiger charge is 2.33. The Kier molecular flexibility index (Phi) is 5.90. The van der Waals surface area contributed by atoms with E-state index in [1.165, 1.54) is 10.4 Å². The van der Waals surface area contributed by atoms with Crippen molar-refractivity contribution in [1.82, 2.24) is 14.1 Å². The average molecular weight is 410 g/mol.